The first-order valence-electron chi connectivity index (χ1n) is 6.27. The lowest BCUT2D eigenvalue weighted by Crippen LogP contribution is -2.43. The highest BCUT2D eigenvalue weighted by Crippen LogP contribution is 2.40. The van der Waals surface area contributed by atoms with E-state index in [-0.39, 0.29) is 30.0 Å². The normalized spacial score (nSPS) is 22.6. The Labute approximate surface area is 119 Å². The predicted molar refractivity (Wildman–Crippen MR) is 74.0 cm³/mol. The Bertz CT molecular complexity index is 636. The third-order valence-corrected chi connectivity index (χ3v) is 4.49. The van der Waals surface area contributed by atoms with Crippen molar-refractivity contribution in [1.29, 1.82) is 0 Å². The van der Waals surface area contributed by atoms with Gasteiger partial charge in [0.2, 0.25) is 11.8 Å². The number of piperidine rings is 1. The highest BCUT2D eigenvalue weighted by Gasteiger charge is 2.38. The molecule has 2 heterocycles. The first kappa shape index (κ1) is 13.0. The Morgan fingerprint density at radius 1 is 1.15 bits per heavy atom. The lowest BCUT2D eigenvalue weighted by atomic mass is 9.79. The zero-order valence-electron chi connectivity index (χ0n) is 10.5. The maximum Gasteiger partial charge on any atom is 0.234 e. The number of benzene rings is 1. The Balaban J connectivity index is 2.01. The van der Waals surface area contributed by atoms with Gasteiger partial charge in [-0.1, -0.05) is 18.2 Å². The van der Waals surface area contributed by atoms with Crippen LogP contribution in [0.15, 0.2) is 41.8 Å². The Kier molecular flexibility index (Phi) is 3.36. The molecular weight excluding hydrogens is 277 g/mol. The molecular formula is C15H12FNO2S. The fourth-order valence-electron chi connectivity index (χ4n) is 2.59. The molecule has 1 aromatic carbocycles. The van der Waals surface area contributed by atoms with Crippen molar-refractivity contribution in [2.45, 2.75) is 18.3 Å². The largest absolute Gasteiger partial charge is 0.296 e. The zero-order chi connectivity index (χ0) is 14.1. The van der Waals surface area contributed by atoms with Gasteiger partial charge in [0.15, 0.2) is 0 Å². The van der Waals surface area contributed by atoms with Gasteiger partial charge >= 0.3 is 0 Å². The SMILES string of the molecule is O=C1CC(c2cccs2)C(c2ccc(F)cc2)C(=O)N1. The summed E-state index contributed by atoms with van der Waals surface area (Å²) in [6, 6.07) is 9.72. The van der Waals surface area contributed by atoms with Crippen molar-refractivity contribution < 1.29 is 14.0 Å². The Morgan fingerprint density at radius 3 is 2.55 bits per heavy atom. The second-order valence-electron chi connectivity index (χ2n) is 4.77. The van der Waals surface area contributed by atoms with Crippen LogP contribution in [0.2, 0.25) is 0 Å². The van der Waals surface area contributed by atoms with Crippen LogP contribution in [0.3, 0.4) is 0 Å². The summed E-state index contributed by atoms with van der Waals surface area (Å²) >= 11 is 1.53. The van der Waals surface area contributed by atoms with Crippen LogP contribution in [-0.4, -0.2) is 11.8 Å². The third-order valence-electron chi connectivity index (χ3n) is 3.49. The van der Waals surface area contributed by atoms with E-state index >= 15 is 0 Å². The molecule has 1 N–H and O–H groups in total. The summed E-state index contributed by atoms with van der Waals surface area (Å²) < 4.78 is 13.0. The average molecular weight is 289 g/mol. The van der Waals surface area contributed by atoms with Crippen LogP contribution in [-0.2, 0) is 9.59 Å². The molecule has 2 amide bonds. The average Bonchev–Trinajstić information content (AvgIpc) is 2.93. The molecule has 2 unspecified atom stereocenters. The van der Waals surface area contributed by atoms with Crippen LogP contribution in [0.4, 0.5) is 4.39 Å². The molecule has 1 aliphatic rings. The standard InChI is InChI=1S/C15H12FNO2S/c16-10-5-3-9(4-6-10)14-11(12-2-1-7-20-12)8-13(18)17-15(14)19/h1-7,11,14H,8H2,(H,17,18,19). The minimum Gasteiger partial charge on any atom is -0.296 e. The van der Waals surface area contributed by atoms with E-state index in [1.165, 1.54) is 23.5 Å². The van der Waals surface area contributed by atoms with E-state index in [2.05, 4.69) is 5.32 Å². The first-order chi connectivity index (χ1) is 9.65. The number of carbonyl (C=O) groups excluding carboxylic acids is 2. The van der Waals surface area contributed by atoms with Crippen LogP contribution in [0.1, 0.15) is 28.7 Å². The van der Waals surface area contributed by atoms with Gasteiger partial charge in [-0.05, 0) is 29.1 Å². The summed E-state index contributed by atoms with van der Waals surface area (Å²) in [6.07, 6.45) is 0.272. The summed E-state index contributed by atoms with van der Waals surface area (Å²) in [6.45, 7) is 0. The van der Waals surface area contributed by atoms with E-state index in [4.69, 9.17) is 0 Å². The van der Waals surface area contributed by atoms with Gasteiger partial charge in [0.25, 0.3) is 0 Å². The number of hydrogen-bond acceptors (Lipinski definition) is 3. The van der Waals surface area contributed by atoms with E-state index in [1.54, 1.807) is 12.1 Å². The molecule has 3 nitrogen and oxygen atoms in total. The molecule has 0 aliphatic carbocycles. The molecule has 3 rings (SSSR count). The number of imide groups is 1. The van der Waals surface area contributed by atoms with Gasteiger partial charge < -0.3 is 0 Å². The smallest absolute Gasteiger partial charge is 0.234 e. The lowest BCUT2D eigenvalue weighted by molar-refractivity contribution is -0.135. The summed E-state index contributed by atoms with van der Waals surface area (Å²) in [5.41, 5.74) is 0.731. The lowest BCUT2D eigenvalue weighted by Gasteiger charge is -2.29. The number of thiophene rings is 1. The van der Waals surface area contributed by atoms with Gasteiger partial charge in [0.1, 0.15) is 5.82 Å². The fraction of sp³-hybridized carbons (Fsp3) is 0.200. The van der Waals surface area contributed by atoms with Gasteiger partial charge in [-0.25, -0.2) is 4.39 Å². The van der Waals surface area contributed by atoms with Crippen molar-refractivity contribution in [3.05, 3.63) is 58.0 Å². The van der Waals surface area contributed by atoms with Crippen LogP contribution < -0.4 is 5.32 Å². The summed E-state index contributed by atoms with van der Waals surface area (Å²) in [4.78, 5) is 24.8. The topological polar surface area (TPSA) is 46.2 Å². The van der Waals surface area contributed by atoms with E-state index < -0.39 is 5.92 Å². The Morgan fingerprint density at radius 2 is 1.90 bits per heavy atom. The molecule has 102 valence electrons. The van der Waals surface area contributed by atoms with Crippen molar-refractivity contribution in [3.8, 4) is 0 Å². The molecule has 2 aromatic rings. The number of amides is 2. The highest BCUT2D eigenvalue weighted by molar-refractivity contribution is 7.10. The van der Waals surface area contributed by atoms with E-state index in [0.717, 1.165) is 10.4 Å². The van der Waals surface area contributed by atoms with Crippen molar-refractivity contribution in [3.63, 3.8) is 0 Å². The summed E-state index contributed by atoms with van der Waals surface area (Å²) in [5.74, 6) is -1.54. The summed E-state index contributed by atoms with van der Waals surface area (Å²) in [5, 5.41) is 4.29. The van der Waals surface area contributed by atoms with E-state index in [0.29, 0.717) is 0 Å². The number of nitrogens with one attached hydrogen (secondary N) is 1. The van der Waals surface area contributed by atoms with Crippen LogP contribution >= 0.6 is 11.3 Å². The second-order valence-corrected chi connectivity index (χ2v) is 5.75. The molecule has 2 atom stereocenters. The first-order valence-corrected chi connectivity index (χ1v) is 7.15. The number of halogens is 1. The quantitative estimate of drug-likeness (QED) is 0.864. The second kappa shape index (κ2) is 5.17. The van der Waals surface area contributed by atoms with Crippen LogP contribution in [0.25, 0.3) is 0 Å². The molecule has 0 saturated carbocycles. The van der Waals surface area contributed by atoms with Gasteiger partial charge in [0, 0.05) is 17.2 Å². The van der Waals surface area contributed by atoms with Crippen molar-refractivity contribution in [1.82, 2.24) is 5.32 Å². The van der Waals surface area contributed by atoms with Crippen LogP contribution in [0, 0.1) is 5.82 Å². The molecule has 0 bridgehead atoms. The molecule has 20 heavy (non-hydrogen) atoms. The number of carbonyl (C=O) groups is 2. The van der Waals surface area contributed by atoms with Gasteiger partial charge in [0.05, 0.1) is 5.92 Å². The van der Waals surface area contributed by atoms with Crippen molar-refractivity contribution in [2.75, 3.05) is 0 Å². The minimum absolute atomic E-state index is 0.179. The fourth-order valence-corrected chi connectivity index (χ4v) is 3.45. The number of hydrogen-bond donors (Lipinski definition) is 1. The van der Waals surface area contributed by atoms with Crippen LogP contribution in [0.5, 0.6) is 0 Å². The molecule has 0 radical (unpaired) electrons. The summed E-state index contributed by atoms with van der Waals surface area (Å²) in [7, 11) is 0. The Hall–Kier alpha value is -2.01. The van der Waals surface area contributed by atoms with Gasteiger partial charge in [-0.15, -0.1) is 11.3 Å². The molecule has 5 heteroatoms. The third kappa shape index (κ3) is 2.36. The van der Waals surface area contributed by atoms with E-state index in [1.807, 2.05) is 17.5 Å². The molecule has 1 aliphatic heterocycles. The number of rotatable bonds is 2. The minimum atomic E-state index is -0.452. The highest BCUT2D eigenvalue weighted by atomic mass is 32.1. The van der Waals surface area contributed by atoms with Crippen molar-refractivity contribution >= 4 is 23.2 Å². The molecule has 1 saturated heterocycles. The molecule has 0 spiro atoms. The zero-order valence-corrected chi connectivity index (χ0v) is 11.3. The molecule has 1 aromatic heterocycles. The maximum absolute atomic E-state index is 13.0. The van der Waals surface area contributed by atoms with Crippen molar-refractivity contribution in [2.24, 2.45) is 0 Å². The van der Waals surface area contributed by atoms with Gasteiger partial charge in [-0.2, -0.15) is 0 Å². The molecule has 1 fully saturated rings. The van der Waals surface area contributed by atoms with Gasteiger partial charge in [-0.3, -0.25) is 14.9 Å². The predicted octanol–water partition coefficient (Wildman–Crippen LogP) is 2.80. The van der Waals surface area contributed by atoms with E-state index in [9.17, 15) is 14.0 Å². The monoisotopic (exact) mass is 289 g/mol. The maximum atomic E-state index is 13.0.